The first kappa shape index (κ1) is 18.0. The van der Waals surface area contributed by atoms with E-state index in [-0.39, 0.29) is 0 Å². The number of rotatable bonds is 9. The molecular formula is C18H38N2. The van der Waals surface area contributed by atoms with Gasteiger partial charge < -0.3 is 10.2 Å². The minimum Gasteiger partial charge on any atom is -0.312 e. The van der Waals surface area contributed by atoms with Crippen molar-refractivity contribution in [3.05, 3.63) is 0 Å². The van der Waals surface area contributed by atoms with Crippen LogP contribution in [0.2, 0.25) is 0 Å². The predicted molar refractivity (Wildman–Crippen MR) is 90.3 cm³/mol. The minimum absolute atomic E-state index is 0.407. The van der Waals surface area contributed by atoms with Crippen LogP contribution in [0.3, 0.4) is 0 Å². The molecule has 0 aliphatic heterocycles. The lowest BCUT2D eigenvalue weighted by Crippen LogP contribution is -2.60. The molecule has 0 radical (unpaired) electrons. The van der Waals surface area contributed by atoms with Gasteiger partial charge in [0.05, 0.1) is 0 Å². The first-order valence-electron chi connectivity index (χ1n) is 8.93. The first-order valence-corrected chi connectivity index (χ1v) is 8.93. The van der Waals surface area contributed by atoms with Crippen molar-refractivity contribution in [2.45, 2.75) is 90.1 Å². The molecule has 0 spiro atoms. The van der Waals surface area contributed by atoms with E-state index in [2.05, 4.69) is 45.1 Å². The van der Waals surface area contributed by atoms with Crippen LogP contribution in [-0.4, -0.2) is 37.1 Å². The van der Waals surface area contributed by atoms with Crippen molar-refractivity contribution >= 4 is 0 Å². The van der Waals surface area contributed by atoms with Gasteiger partial charge in [-0.2, -0.15) is 0 Å². The summed E-state index contributed by atoms with van der Waals surface area (Å²) in [5, 5.41) is 3.89. The Kier molecular flexibility index (Phi) is 8.13. The van der Waals surface area contributed by atoms with Crippen molar-refractivity contribution in [2.24, 2.45) is 5.92 Å². The van der Waals surface area contributed by atoms with Gasteiger partial charge in [-0.05, 0) is 52.2 Å². The van der Waals surface area contributed by atoms with E-state index in [1.807, 2.05) is 0 Å². The maximum Gasteiger partial charge on any atom is 0.0356 e. The molecule has 1 atom stereocenters. The molecule has 120 valence electrons. The molecule has 0 aromatic carbocycles. The fraction of sp³-hybridized carbons (Fsp3) is 1.00. The zero-order valence-corrected chi connectivity index (χ0v) is 14.7. The average Bonchev–Trinajstić information content (AvgIpc) is 2.42. The molecule has 1 fully saturated rings. The zero-order chi connectivity index (χ0) is 15.0. The number of likely N-dealkylation sites (N-methyl/N-ethyl adjacent to an activating group) is 1. The fourth-order valence-corrected chi connectivity index (χ4v) is 3.88. The van der Waals surface area contributed by atoms with E-state index in [0.29, 0.717) is 11.6 Å². The van der Waals surface area contributed by atoms with E-state index in [1.165, 1.54) is 64.3 Å². The molecule has 1 rings (SSSR count). The van der Waals surface area contributed by atoms with Crippen LogP contribution < -0.4 is 5.32 Å². The standard InChI is InChI=1S/C18H38N2/c1-6-15-19-17(12-10-11-16(2)3)18(20(4)5)13-8-7-9-14-18/h16-17,19H,6-15H2,1-5H3. The number of hydrogen-bond donors (Lipinski definition) is 1. The van der Waals surface area contributed by atoms with Gasteiger partial charge in [-0.3, -0.25) is 0 Å². The molecular weight excluding hydrogens is 244 g/mol. The molecule has 0 aromatic heterocycles. The van der Waals surface area contributed by atoms with Gasteiger partial charge in [0.25, 0.3) is 0 Å². The van der Waals surface area contributed by atoms with E-state index in [0.717, 1.165) is 5.92 Å². The van der Waals surface area contributed by atoms with E-state index in [9.17, 15) is 0 Å². The second kappa shape index (κ2) is 9.04. The Bertz CT molecular complexity index is 242. The molecule has 1 unspecified atom stereocenters. The maximum absolute atomic E-state index is 3.89. The molecule has 1 N–H and O–H groups in total. The van der Waals surface area contributed by atoms with Crippen LogP contribution in [0, 0.1) is 5.92 Å². The molecule has 2 heteroatoms. The van der Waals surface area contributed by atoms with Gasteiger partial charge in [-0.25, -0.2) is 0 Å². The molecule has 0 heterocycles. The summed E-state index contributed by atoms with van der Waals surface area (Å²) in [5.74, 6) is 0.837. The van der Waals surface area contributed by atoms with Crippen LogP contribution in [0.4, 0.5) is 0 Å². The monoisotopic (exact) mass is 282 g/mol. The highest BCUT2D eigenvalue weighted by Crippen LogP contribution is 2.37. The molecule has 0 bridgehead atoms. The average molecular weight is 283 g/mol. The predicted octanol–water partition coefficient (Wildman–Crippen LogP) is 4.45. The highest BCUT2D eigenvalue weighted by molar-refractivity contribution is 5.00. The third kappa shape index (κ3) is 5.04. The fourth-order valence-electron chi connectivity index (χ4n) is 3.88. The lowest BCUT2D eigenvalue weighted by atomic mass is 9.73. The molecule has 1 saturated carbocycles. The van der Waals surface area contributed by atoms with Crippen molar-refractivity contribution in [1.82, 2.24) is 10.2 Å². The lowest BCUT2D eigenvalue weighted by Gasteiger charge is -2.49. The summed E-state index contributed by atoms with van der Waals surface area (Å²) < 4.78 is 0. The van der Waals surface area contributed by atoms with Crippen molar-refractivity contribution in [2.75, 3.05) is 20.6 Å². The van der Waals surface area contributed by atoms with Gasteiger partial charge in [0.1, 0.15) is 0 Å². The first-order chi connectivity index (χ1) is 9.53. The summed E-state index contributed by atoms with van der Waals surface area (Å²) >= 11 is 0. The van der Waals surface area contributed by atoms with E-state index >= 15 is 0 Å². The molecule has 20 heavy (non-hydrogen) atoms. The summed E-state index contributed by atoms with van der Waals surface area (Å²) in [6.07, 6.45) is 12.3. The van der Waals surface area contributed by atoms with Crippen LogP contribution in [0.5, 0.6) is 0 Å². The Morgan fingerprint density at radius 3 is 2.20 bits per heavy atom. The normalized spacial score (nSPS) is 20.6. The van der Waals surface area contributed by atoms with Crippen LogP contribution in [0.25, 0.3) is 0 Å². The van der Waals surface area contributed by atoms with E-state index < -0.39 is 0 Å². The quantitative estimate of drug-likeness (QED) is 0.672. The van der Waals surface area contributed by atoms with Gasteiger partial charge in [0.2, 0.25) is 0 Å². The Labute approximate surface area is 127 Å². The Hall–Kier alpha value is -0.0800. The zero-order valence-electron chi connectivity index (χ0n) is 14.7. The number of nitrogens with one attached hydrogen (secondary N) is 1. The largest absolute Gasteiger partial charge is 0.312 e. The van der Waals surface area contributed by atoms with Crippen molar-refractivity contribution < 1.29 is 0 Å². The molecule has 0 aromatic rings. The molecule has 1 aliphatic rings. The second-order valence-corrected chi connectivity index (χ2v) is 7.39. The molecule has 0 saturated heterocycles. The minimum atomic E-state index is 0.407. The maximum atomic E-state index is 3.89. The Balaban J connectivity index is 2.70. The van der Waals surface area contributed by atoms with Crippen LogP contribution in [0.1, 0.15) is 78.6 Å². The van der Waals surface area contributed by atoms with E-state index in [1.54, 1.807) is 0 Å². The van der Waals surface area contributed by atoms with Crippen LogP contribution in [-0.2, 0) is 0 Å². The lowest BCUT2D eigenvalue weighted by molar-refractivity contribution is 0.0521. The second-order valence-electron chi connectivity index (χ2n) is 7.39. The molecule has 1 aliphatic carbocycles. The van der Waals surface area contributed by atoms with Crippen molar-refractivity contribution in [3.63, 3.8) is 0 Å². The Morgan fingerprint density at radius 2 is 1.70 bits per heavy atom. The van der Waals surface area contributed by atoms with Crippen LogP contribution >= 0.6 is 0 Å². The SMILES string of the molecule is CCCNC(CCCC(C)C)C1(N(C)C)CCCCC1. The summed E-state index contributed by atoms with van der Waals surface area (Å²) in [6, 6.07) is 0.677. The molecule has 0 amide bonds. The highest BCUT2D eigenvalue weighted by atomic mass is 15.2. The number of hydrogen-bond acceptors (Lipinski definition) is 2. The topological polar surface area (TPSA) is 15.3 Å². The summed E-state index contributed by atoms with van der Waals surface area (Å²) in [5.41, 5.74) is 0.407. The summed E-state index contributed by atoms with van der Waals surface area (Å²) in [6.45, 7) is 8.14. The van der Waals surface area contributed by atoms with Gasteiger partial charge in [-0.15, -0.1) is 0 Å². The van der Waals surface area contributed by atoms with Gasteiger partial charge >= 0.3 is 0 Å². The third-order valence-electron chi connectivity index (χ3n) is 5.17. The number of nitrogens with zero attached hydrogens (tertiary/aromatic N) is 1. The van der Waals surface area contributed by atoms with Gasteiger partial charge in [0, 0.05) is 11.6 Å². The van der Waals surface area contributed by atoms with Crippen molar-refractivity contribution in [1.29, 1.82) is 0 Å². The van der Waals surface area contributed by atoms with Gasteiger partial charge in [-0.1, -0.05) is 52.9 Å². The smallest absolute Gasteiger partial charge is 0.0356 e. The third-order valence-corrected chi connectivity index (χ3v) is 5.17. The summed E-state index contributed by atoms with van der Waals surface area (Å²) in [7, 11) is 4.60. The highest BCUT2D eigenvalue weighted by Gasteiger charge is 2.40. The van der Waals surface area contributed by atoms with Gasteiger partial charge in [0.15, 0.2) is 0 Å². The molecule has 2 nitrogen and oxygen atoms in total. The van der Waals surface area contributed by atoms with Crippen LogP contribution in [0.15, 0.2) is 0 Å². The Morgan fingerprint density at radius 1 is 1.05 bits per heavy atom. The van der Waals surface area contributed by atoms with E-state index in [4.69, 9.17) is 0 Å². The van der Waals surface area contributed by atoms with Crippen molar-refractivity contribution in [3.8, 4) is 0 Å². The summed E-state index contributed by atoms with van der Waals surface area (Å²) in [4.78, 5) is 2.54.